The van der Waals surface area contributed by atoms with E-state index in [1.165, 1.54) is 40.6 Å². The van der Waals surface area contributed by atoms with E-state index in [1.807, 2.05) is 41.5 Å². The largest absolute Gasteiger partial charge is 0.744 e. The molecule has 1 N–H and O–H groups in total. The first-order valence-corrected chi connectivity index (χ1v) is 18.2. The number of hydrogen-bond acceptors (Lipinski definition) is 4. The van der Waals surface area contributed by atoms with Crippen molar-refractivity contribution in [2.45, 2.75) is 77.5 Å². The SMILES string of the molecule is CC(C)(C)c1cc(S(=O)(=O)[O-])cc(C(C)(C)C)c1O.CC(C)CC[P+](c1ccccc1)(c1ccccc1)c1ccccc1. The molecule has 43 heavy (non-hydrogen) atoms. The van der Waals surface area contributed by atoms with Crippen molar-refractivity contribution in [2.24, 2.45) is 5.92 Å². The summed E-state index contributed by atoms with van der Waals surface area (Å²) in [7, 11) is -6.15. The van der Waals surface area contributed by atoms with Crippen LogP contribution in [0.25, 0.3) is 0 Å². The number of benzene rings is 4. The average molecular weight is 619 g/mol. The molecular weight excluding hydrogens is 571 g/mol. The normalized spacial score (nSPS) is 12.5. The van der Waals surface area contributed by atoms with Gasteiger partial charge in [-0.1, -0.05) is 110 Å². The second kappa shape index (κ2) is 13.8. The van der Waals surface area contributed by atoms with Crippen molar-refractivity contribution in [3.05, 3.63) is 114 Å². The Balaban J connectivity index is 0.000000243. The number of phenolic OH excluding ortho intramolecular Hbond substituents is 1. The summed E-state index contributed by atoms with van der Waals surface area (Å²) in [6.45, 7) is 15.8. The standard InChI is InChI=1S/C23H26P.C14H22O4S/c1-20(2)18-19-24(21-12-6-3-7-13-21,22-14-8-4-9-15-22)23-16-10-5-11-17-23;1-13(2,3)10-7-9(19(16,17)18)8-11(12(10)15)14(4,5)6/h3-17,20H,18-19H2,1-2H3;7-8,15H,1-6H3,(H,16,17,18)/q+1;/p-1. The molecule has 6 heteroatoms. The number of rotatable bonds is 7. The molecule has 0 saturated carbocycles. The third-order valence-electron chi connectivity index (χ3n) is 7.62. The van der Waals surface area contributed by atoms with Crippen molar-refractivity contribution in [1.82, 2.24) is 0 Å². The Labute approximate surface area is 260 Å². The van der Waals surface area contributed by atoms with Gasteiger partial charge in [0.2, 0.25) is 0 Å². The molecule has 0 aliphatic rings. The van der Waals surface area contributed by atoms with E-state index in [1.54, 1.807) is 0 Å². The Morgan fingerprint density at radius 3 is 1.26 bits per heavy atom. The maximum Gasteiger partial charge on any atom is 0.124 e. The van der Waals surface area contributed by atoms with Crippen molar-refractivity contribution >= 4 is 33.3 Å². The molecule has 0 heterocycles. The number of hydrogen-bond donors (Lipinski definition) is 1. The molecule has 0 aliphatic carbocycles. The van der Waals surface area contributed by atoms with Crippen LogP contribution in [0.5, 0.6) is 5.75 Å². The molecule has 0 aliphatic heterocycles. The van der Waals surface area contributed by atoms with E-state index in [0.717, 1.165) is 0 Å². The van der Waals surface area contributed by atoms with E-state index in [4.69, 9.17) is 0 Å². The monoisotopic (exact) mass is 618 g/mol. The van der Waals surface area contributed by atoms with Gasteiger partial charge in [-0.25, -0.2) is 8.42 Å². The molecule has 0 amide bonds. The quantitative estimate of drug-likeness (QED) is 0.169. The van der Waals surface area contributed by atoms with Gasteiger partial charge in [-0.15, -0.1) is 0 Å². The second-order valence-corrected chi connectivity index (χ2v) is 18.5. The summed E-state index contributed by atoms with van der Waals surface area (Å²) in [4.78, 5) is -0.292. The Morgan fingerprint density at radius 1 is 0.674 bits per heavy atom. The molecule has 230 valence electrons. The van der Waals surface area contributed by atoms with E-state index in [9.17, 15) is 18.1 Å². The van der Waals surface area contributed by atoms with E-state index >= 15 is 0 Å². The first-order valence-electron chi connectivity index (χ1n) is 14.9. The molecule has 4 rings (SSSR count). The van der Waals surface area contributed by atoms with Crippen LogP contribution in [0.1, 0.15) is 72.9 Å². The van der Waals surface area contributed by atoms with Crippen LogP contribution in [0, 0.1) is 5.92 Å². The number of aromatic hydroxyl groups is 1. The van der Waals surface area contributed by atoms with Gasteiger partial charge < -0.3 is 9.66 Å². The Hall–Kier alpha value is -2.98. The van der Waals surface area contributed by atoms with Gasteiger partial charge in [-0.05, 0) is 71.7 Å². The van der Waals surface area contributed by atoms with Crippen LogP contribution in [-0.4, -0.2) is 24.2 Å². The molecule has 0 atom stereocenters. The maximum absolute atomic E-state index is 11.3. The minimum atomic E-state index is -4.55. The van der Waals surface area contributed by atoms with Crippen molar-refractivity contribution in [3.63, 3.8) is 0 Å². The van der Waals surface area contributed by atoms with E-state index < -0.39 is 28.2 Å². The number of phenols is 1. The highest BCUT2D eigenvalue weighted by Gasteiger charge is 2.44. The lowest BCUT2D eigenvalue weighted by Crippen LogP contribution is -2.33. The van der Waals surface area contributed by atoms with Crippen LogP contribution < -0.4 is 15.9 Å². The van der Waals surface area contributed by atoms with Crippen LogP contribution in [0.15, 0.2) is 108 Å². The highest BCUT2D eigenvalue weighted by atomic mass is 32.2. The lowest BCUT2D eigenvalue weighted by molar-refractivity contribution is 0.420. The first kappa shape index (κ1) is 34.5. The van der Waals surface area contributed by atoms with Gasteiger partial charge >= 0.3 is 0 Å². The minimum Gasteiger partial charge on any atom is -0.744 e. The van der Waals surface area contributed by atoms with Crippen LogP contribution in [-0.2, 0) is 20.9 Å². The fraction of sp³-hybridized carbons (Fsp3) is 0.351. The molecule has 4 aromatic rings. The fourth-order valence-corrected chi connectivity index (χ4v) is 10.4. The first-order chi connectivity index (χ1) is 20.0. The van der Waals surface area contributed by atoms with Crippen LogP contribution in [0.4, 0.5) is 0 Å². The van der Waals surface area contributed by atoms with Gasteiger partial charge in [0.25, 0.3) is 0 Å². The van der Waals surface area contributed by atoms with Gasteiger partial charge in [0.15, 0.2) is 0 Å². The predicted octanol–water partition coefficient (Wildman–Crippen LogP) is 7.92. The average Bonchev–Trinajstić information content (AvgIpc) is 2.94. The molecule has 0 fully saturated rings. The molecule has 4 nitrogen and oxygen atoms in total. The van der Waals surface area contributed by atoms with E-state index in [0.29, 0.717) is 17.0 Å². The maximum atomic E-state index is 11.3. The minimum absolute atomic E-state index is 0.0624. The van der Waals surface area contributed by atoms with E-state index in [2.05, 4.69) is 105 Å². The zero-order chi connectivity index (χ0) is 32.1. The Kier molecular flexibility index (Phi) is 11.0. The second-order valence-electron chi connectivity index (χ2n) is 13.5. The zero-order valence-electron chi connectivity index (χ0n) is 26.8. The molecule has 0 aromatic heterocycles. The Morgan fingerprint density at radius 2 is 1.00 bits per heavy atom. The zero-order valence-corrected chi connectivity index (χ0v) is 28.5. The summed E-state index contributed by atoms with van der Waals surface area (Å²) in [5.74, 6) is 0.771. The molecule has 0 spiro atoms. The van der Waals surface area contributed by atoms with Crippen molar-refractivity contribution in [1.29, 1.82) is 0 Å². The highest BCUT2D eigenvalue weighted by Crippen LogP contribution is 2.56. The van der Waals surface area contributed by atoms with Gasteiger partial charge in [-0.2, -0.15) is 0 Å². The molecular formula is C37H47O4PS. The van der Waals surface area contributed by atoms with Gasteiger partial charge in [0.1, 0.15) is 39.0 Å². The van der Waals surface area contributed by atoms with Crippen molar-refractivity contribution in [2.75, 3.05) is 6.16 Å². The van der Waals surface area contributed by atoms with Crippen LogP contribution in [0.2, 0.25) is 0 Å². The molecule has 0 unspecified atom stereocenters. The summed E-state index contributed by atoms with van der Waals surface area (Å²) in [6.07, 6.45) is 2.47. The summed E-state index contributed by atoms with van der Waals surface area (Å²) in [5.41, 5.74) is 0.0268. The summed E-state index contributed by atoms with van der Waals surface area (Å²) in [6, 6.07) is 36.0. The lowest BCUT2D eigenvalue weighted by atomic mass is 9.79. The molecule has 0 saturated heterocycles. The topological polar surface area (TPSA) is 77.4 Å². The van der Waals surface area contributed by atoms with Crippen molar-refractivity contribution in [3.8, 4) is 5.75 Å². The fourth-order valence-electron chi connectivity index (χ4n) is 5.23. The van der Waals surface area contributed by atoms with Crippen LogP contribution >= 0.6 is 7.26 Å². The van der Waals surface area contributed by atoms with Crippen LogP contribution in [0.3, 0.4) is 0 Å². The van der Waals surface area contributed by atoms with Gasteiger partial charge in [-0.3, -0.25) is 0 Å². The third-order valence-corrected chi connectivity index (χ3v) is 12.9. The highest BCUT2D eigenvalue weighted by molar-refractivity contribution is 7.95. The lowest BCUT2D eigenvalue weighted by Gasteiger charge is -2.28. The molecule has 0 bridgehead atoms. The third kappa shape index (κ3) is 8.56. The predicted molar refractivity (Wildman–Crippen MR) is 183 cm³/mol. The Bertz CT molecular complexity index is 1440. The summed E-state index contributed by atoms with van der Waals surface area (Å²) >= 11 is 0. The summed E-state index contributed by atoms with van der Waals surface area (Å²) in [5, 5.41) is 14.8. The molecule has 4 aromatic carbocycles. The van der Waals surface area contributed by atoms with E-state index in [-0.39, 0.29) is 10.6 Å². The van der Waals surface area contributed by atoms with Gasteiger partial charge in [0, 0.05) is 11.1 Å². The summed E-state index contributed by atoms with van der Waals surface area (Å²) < 4.78 is 33.8. The smallest absolute Gasteiger partial charge is 0.124 e. The van der Waals surface area contributed by atoms with Crippen molar-refractivity contribution < 1.29 is 18.1 Å². The van der Waals surface area contributed by atoms with Gasteiger partial charge in [0.05, 0.1) is 11.1 Å². The molecule has 0 radical (unpaired) electrons.